The number of halogens is 1. The van der Waals surface area contributed by atoms with Gasteiger partial charge in [0.25, 0.3) is 0 Å². The van der Waals surface area contributed by atoms with Crippen LogP contribution in [0.4, 0.5) is 4.39 Å². The van der Waals surface area contributed by atoms with Crippen molar-refractivity contribution in [3.05, 3.63) is 58.8 Å². The average Bonchev–Trinajstić information content (AvgIpc) is 2.76. The Morgan fingerprint density at radius 1 is 1.20 bits per heavy atom. The van der Waals surface area contributed by atoms with Crippen molar-refractivity contribution in [3.8, 4) is 0 Å². The number of hydrogen-bond donors (Lipinski definition) is 1. The first kappa shape index (κ1) is 14.8. The molecule has 1 aromatic carbocycles. The molecule has 108 valence electrons. The number of nitrogens with one attached hydrogen (secondary N) is 1. The van der Waals surface area contributed by atoms with Crippen molar-refractivity contribution in [1.29, 1.82) is 0 Å². The summed E-state index contributed by atoms with van der Waals surface area (Å²) >= 11 is 0. The van der Waals surface area contributed by atoms with E-state index < -0.39 is 0 Å². The molecule has 2 unspecified atom stereocenters. The van der Waals surface area contributed by atoms with Crippen molar-refractivity contribution in [3.63, 3.8) is 0 Å². The predicted molar refractivity (Wildman–Crippen MR) is 79.2 cm³/mol. The second-order valence-electron chi connectivity index (χ2n) is 5.27. The summed E-state index contributed by atoms with van der Waals surface area (Å²) in [4.78, 5) is 0. The van der Waals surface area contributed by atoms with Gasteiger partial charge < -0.3 is 9.73 Å². The first-order valence-corrected chi connectivity index (χ1v) is 7.09. The van der Waals surface area contributed by atoms with Crippen LogP contribution in [0.25, 0.3) is 0 Å². The summed E-state index contributed by atoms with van der Waals surface area (Å²) in [6.45, 7) is 8.20. The summed E-state index contributed by atoms with van der Waals surface area (Å²) in [5.74, 6) is 1.69. The second-order valence-corrected chi connectivity index (χ2v) is 5.27. The smallest absolute Gasteiger partial charge is 0.123 e. The van der Waals surface area contributed by atoms with Crippen molar-refractivity contribution in [2.75, 3.05) is 0 Å². The van der Waals surface area contributed by atoms with E-state index in [1.54, 1.807) is 0 Å². The van der Waals surface area contributed by atoms with Gasteiger partial charge in [0.05, 0.1) is 0 Å². The zero-order chi connectivity index (χ0) is 14.7. The first-order valence-electron chi connectivity index (χ1n) is 7.09. The van der Waals surface area contributed by atoms with E-state index in [1.165, 1.54) is 17.7 Å². The van der Waals surface area contributed by atoms with E-state index in [1.807, 2.05) is 26.0 Å². The fourth-order valence-corrected chi connectivity index (χ4v) is 2.62. The Morgan fingerprint density at radius 3 is 2.35 bits per heavy atom. The van der Waals surface area contributed by atoms with Crippen LogP contribution in [0.15, 0.2) is 34.7 Å². The van der Waals surface area contributed by atoms with Gasteiger partial charge in [0.2, 0.25) is 0 Å². The highest BCUT2D eigenvalue weighted by molar-refractivity contribution is 5.25. The van der Waals surface area contributed by atoms with E-state index in [2.05, 4.69) is 25.2 Å². The van der Waals surface area contributed by atoms with Crippen LogP contribution < -0.4 is 5.32 Å². The minimum atomic E-state index is -0.196. The van der Waals surface area contributed by atoms with Gasteiger partial charge in [0.1, 0.15) is 17.3 Å². The van der Waals surface area contributed by atoms with E-state index >= 15 is 0 Å². The highest BCUT2D eigenvalue weighted by Gasteiger charge is 2.17. The third kappa shape index (κ3) is 3.28. The quantitative estimate of drug-likeness (QED) is 0.844. The van der Waals surface area contributed by atoms with Gasteiger partial charge in [-0.2, -0.15) is 0 Å². The maximum atomic E-state index is 13.0. The average molecular weight is 275 g/mol. The molecule has 2 aromatic rings. The lowest BCUT2D eigenvalue weighted by Gasteiger charge is -2.22. The Balaban J connectivity index is 2.13. The van der Waals surface area contributed by atoms with E-state index in [0.717, 1.165) is 23.5 Å². The van der Waals surface area contributed by atoms with E-state index in [9.17, 15) is 4.39 Å². The van der Waals surface area contributed by atoms with Crippen LogP contribution in [0.1, 0.15) is 55.0 Å². The van der Waals surface area contributed by atoms with E-state index in [4.69, 9.17) is 4.42 Å². The summed E-state index contributed by atoms with van der Waals surface area (Å²) in [5.41, 5.74) is 2.29. The third-order valence-electron chi connectivity index (χ3n) is 3.68. The topological polar surface area (TPSA) is 25.2 Å². The number of aryl methyl sites for hydroxylation is 2. The van der Waals surface area contributed by atoms with Crippen LogP contribution >= 0.6 is 0 Å². The molecule has 0 fully saturated rings. The molecule has 0 aliphatic rings. The summed E-state index contributed by atoms with van der Waals surface area (Å²) in [6, 6.07) is 9.19. The summed E-state index contributed by atoms with van der Waals surface area (Å²) in [6.07, 6.45) is 0.950. The van der Waals surface area contributed by atoms with Gasteiger partial charge >= 0.3 is 0 Å². The van der Waals surface area contributed by atoms with Crippen LogP contribution in [0.3, 0.4) is 0 Å². The molecule has 0 spiro atoms. The normalized spacial score (nSPS) is 14.2. The molecule has 3 heteroatoms. The fourth-order valence-electron chi connectivity index (χ4n) is 2.62. The summed E-state index contributed by atoms with van der Waals surface area (Å²) < 4.78 is 18.6. The standard InChI is InChI=1S/C17H22FNO/c1-5-17(14-6-8-15(18)9-7-14)19-12(3)16-10-11(2)20-13(16)4/h6-10,12,17,19H,5H2,1-4H3. The van der Waals surface area contributed by atoms with Gasteiger partial charge in [0, 0.05) is 17.6 Å². The lowest BCUT2D eigenvalue weighted by atomic mass is 10.0. The van der Waals surface area contributed by atoms with Gasteiger partial charge in [-0.25, -0.2) is 4.39 Å². The zero-order valence-electron chi connectivity index (χ0n) is 12.5. The molecule has 0 saturated heterocycles. The van der Waals surface area contributed by atoms with Crippen molar-refractivity contribution >= 4 is 0 Å². The van der Waals surface area contributed by atoms with Crippen LogP contribution in [0.2, 0.25) is 0 Å². The lowest BCUT2D eigenvalue weighted by Crippen LogP contribution is -2.24. The van der Waals surface area contributed by atoms with Crippen molar-refractivity contribution in [2.45, 2.75) is 46.2 Å². The molecule has 1 N–H and O–H groups in total. The lowest BCUT2D eigenvalue weighted by molar-refractivity contribution is 0.444. The van der Waals surface area contributed by atoms with Crippen LogP contribution in [0, 0.1) is 19.7 Å². The molecule has 0 aliphatic heterocycles. The second kappa shape index (κ2) is 6.23. The van der Waals surface area contributed by atoms with Crippen molar-refractivity contribution in [2.24, 2.45) is 0 Å². The van der Waals surface area contributed by atoms with E-state index in [-0.39, 0.29) is 17.9 Å². The fraction of sp³-hybridized carbons (Fsp3) is 0.412. The highest BCUT2D eigenvalue weighted by Crippen LogP contribution is 2.26. The monoisotopic (exact) mass is 275 g/mol. The molecule has 0 amide bonds. The van der Waals surface area contributed by atoms with Crippen molar-refractivity contribution in [1.82, 2.24) is 5.32 Å². The molecule has 0 saturated carbocycles. The van der Waals surface area contributed by atoms with Gasteiger partial charge in [-0.15, -0.1) is 0 Å². The molecule has 1 heterocycles. The maximum absolute atomic E-state index is 13.0. The number of benzene rings is 1. The molecule has 2 atom stereocenters. The third-order valence-corrected chi connectivity index (χ3v) is 3.68. The largest absolute Gasteiger partial charge is 0.466 e. The van der Waals surface area contributed by atoms with Crippen LogP contribution in [-0.2, 0) is 0 Å². The first-order chi connectivity index (χ1) is 9.51. The van der Waals surface area contributed by atoms with E-state index in [0.29, 0.717) is 0 Å². The minimum absolute atomic E-state index is 0.196. The molecular formula is C17H22FNO. The SMILES string of the molecule is CCC(NC(C)c1cc(C)oc1C)c1ccc(F)cc1. The van der Waals surface area contributed by atoms with Crippen LogP contribution in [-0.4, -0.2) is 0 Å². The minimum Gasteiger partial charge on any atom is -0.466 e. The predicted octanol–water partition coefficient (Wildman–Crippen LogP) is 4.84. The molecule has 2 nitrogen and oxygen atoms in total. The number of rotatable bonds is 5. The van der Waals surface area contributed by atoms with Crippen LogP contribution in [0.5, 0.6) is 0 Å². The van der Waals surface area contributed by atoms with Crippen molar-refractivity contribution < 1.29 is 8.81 Å². The van der Waals surface area contributed by atoms with Gasteiger partial charge in [-0.05, 0) is 51.0 Å². The number of furan rings is 1. The van der Waals surface area contributed by atoms with Gasteiger partial charge in [0.15, 0.2) is 0 Å². The Labute approximate surface area is 120 Å². The Hall–Kier alpha value is -1.61. The molecule has 1 aromatic heterocycles. The number of hydrogen-bond acceptors (Lipinski definition) is 2. The summed E-state index contributed by atoms with van der Waals surface area (Å²) in [7, 11) is 0. The summed E-state index contributed by atoms with van der Waals surface area (Å²) in [5, 5.41) is 3.59. The van der Waals surface area contributed by atoms with Gasteiger partial charge in [-0.1, -0.05) is 19.1 Å². The molecule has 0 radical (unpaired) electrons. The molecule has 2 rings (SSSR count). The Bertz CT molecular complexity index is 559. The molecule has 0 aliphatic carbocycles. The molecule has 0 bridgehead atoms. The Kier molecular flexibility index (Phi) is 4.61. The highest BCUT2D eigenvalue weighted by atomic mass is 19.1. The molecular weight excluding hydrogens is 253 g/mol. The zero-order valence-corrected chi connectivity index (χ0v) is 12.5. The van der Waals surface area contributed by atoms with Gasteiger partial charge in [-0.3, -0.25) is 0 Å². The maximum Gasteiger partial charge on any atom is 0.123 e. The Morgan fingerprint density at radius 2 is 1.85 bits per heavy atom. The molecule has 20 heavy (non-hydrogen) atoms.